The first kappa shape index (κ1) is 15.2. The Kier molecular flexibility index (Phi) is 3.78. The van der Waals surface area contributed by atoms with E-state index in [1.165, 1.54) is 5.56 Å². The van der Waals surface area contributed by atoms with Crippen molar-refractivity contribution >= 4 is 20.2 Å². The minimum absolute atomic E-state index is 0.0494. The van der Waals surface area contributed by atoms with E-state index in [9.17, 15) is 4.79 Å². The van der Waals surface area contributed by atoms with Gasteiger partial charge in [0.1, 0.15) is 5.60 Å². The van der Waals surface area contributed by atoms with Crippen LogP contribution < -0.4 is 0 Å². The second-order valence-electron chi connectivity index (χ2n) is 6.95. The first-order valence-electron chi connectivity index (χ1n) is 7.20. The van der Waals surface area contributed by atoms with Crippen LogP contribution in [0.1, 0.15) is 43.4 Å². The van der Waals surface area contributed by atoms with E-state index in [1.807, 2.05) is 13.0 Å². The van der Waals surface area contributed by atoms with Crippen LogP contribution in [-0.4, -0.2) is 14.1 Å². The predicted molar refractivity (Wildman–Crippen MR) is 86.4 cm³/mol. The van der Waals surface area contributed by atoms with Crippen LogP contribution in [0, 0.1) is 0 Å². The predicted octanol–water partition coefficient (Wildman–Crippen LogP) is 4.47. The van der Waals surface area contributed by atoms with Crippen molar-refractivity contribution in [3.8, 4) is 0 Å². The van der Waals surface area contributed by atoms with Crippen molar-refractivity contribution in [1.29, 1.82) is 0 Å². The Morgan fingerprint density at radius 3 is 2.35 bits per heavy atom. The van der Waals surface area contributed by atoms with Gasteiger partial charge < -0.3 is 4.43 Å². The lowest BCUT2D eigenvalue weighted by molar-refractivity contribution is -0.129. The van der Waals surface area contributed by atoms with Crippen molar-refractivity contribution in [2.24, 2.45) is 0 Å². The summed E-state index contributed by atoms with van der Waals surface area (Å²) < 4.78 is 6.28. The van der Waals surface area contributed by atoms with Crippen LogP contribution in [0.2, 0.25) is 19.6 Å². The summed E-state index contributed by atoms with van der Waals surface area (Å²) in [6.07, 6.45) is 3.55. The fourth-order valence-electron chi connectivity index (χ4n) is 2.67. The maximum absolute atomic E-state index is 12.4. The third kappa shape index (κ3) is 2.79. The molecule has 2 nitrogen and oxygen atoms in total. The maximum atomic E-state index is 12.4. The second-order valence-corrected chi connectivity index (χ2v) is 11.4. The van der Waals surface area contributed by atoms with Gasteiger partial charge in [0.2, 0.25) is 0 Å². The summed E-state index contributed by atoms with van der Waals surface area (Å²) in [6, 6.07) is 6.37. The normalized spacial score (nSPS) is 22.2. The SMILES string of the molecule is CC(C)c1ccc2c(c1)C(C)(O[Si](C)(C)C)C(=O)C=C2. The molecule has 1 atom stereocenters. The number of fused-ring (bicyclic) bond motifs is 1. The number of carbonyl (C=O) groups is 1. The quantitative estimate of drug-likeness (QED) is 0.767. The molecule has 108 valence electrons. The Balaban J connectivity index is 2.58. The zero-order valence-corrected chi connectivity index (χ0v) is 14.3. The van der Waals surface area contributed by atoms with Gasteiger partial charge in [0.05, 0.1) is 0 Å². The van der Waals surface area contributed by atoms with E-state index in [4.69, 9.17) is 4.43 Å². The molecule has 20 heavy (non-hydrogen) atoms. The largest absolute Gasteiger partial charge is 0.401 e. The van der Waals surface area contributed by atoms with Crippen molar-refractivity contribution in [2.45, 2.75) is 51.9 Å². The average molecular weight is 288 g/mol. The molecule has 1 aliphatic rings. The molecule has 1 aromatic rings. The van der Waals surface area contributed by atoms with Crippen LogP contribution in [0.5, 0.6) is 0 Å². The first-order chi connectivity index (χ1) is 9.13. The monoisotopic (exact) mass is 288 g/mol. The molecule has 1 aliphatic carbocycles. The van der Waals surface area contributed by atoms with E-state index in [-0.39, 0.29) is 5.78 Å². The molecule has 0 spiro atoms. The number of hydrogen-bond acceptors (Lipinski definition) is 2. The summed E-state index contributed by atoms with van der Waals surface area (Å²) in [5.41, 5.74) is 2.52. The highest BCUT2D eigenvalue weighted by Crippen LogP contribution is 2.38. The van der Waals surface area contributed by atoms with Gasteiger partial charge in [0.25, 0.3) is 0 Å². The number of ketones is 1. The molecule has 2 rings (SSSR count). The van der Waals surface area contributed by atoms with Gasteiger partial charge in [0, 0.05) is 0 Å². The minimum atomic E-state index is -1.83. The van der Waals surface area contributed by atoms with Crippen molar-refractivity contribution in [1.82, 2.24) is 0 Å². The summed E-state index contributed by atoms with van der Waals surface area (Å²) in [5.74, 6) is 0.491. The van der Waals surface area contributed by atoms with E-state index >= 15 is 0 Å². The molecule has 0 radical (unpaired) electrons. The Morgan fingerprint density at radius 2 is 1.80 bits per heavy atom. The molecule has 0 aromatic heterocycles. The summed E-state index contributed by atoms with van der Waals surface area (Å²) >= 11 is 0. The smallest absolute Gasteiger partial charge is 0.190 e. The lowest BCUT2D eigenvalue weighted by atomic mass is 9.81. The van der Waals surface area contributed by atoms with Crippen LogP contribution in [0.3, 0.4) is 0 Å². The van der Waals surface area contributed by atoms with E-state index in [0.29, 0.717) is 5.92 Å². The summed E-state index contributed by atoms with van der Waals surface area (Å²) in [7, 11) is -1.83. The molecule has 0 heterocycles. The van der Waals surface area contributed by atoms with Crippen LogP contribution in [0.25, 0.3) is 6.08 Å². The Morgan fingerprint density at radius 1 is 1.15 bits per heavy atom. The van der Waals surface area contributed by atoms with Gasteiger partial charge in [0.15, 0.2) is 14.1 Å². The zero-order chi connectivity index (χ0) is 15.1. The van der Waals surface area contributed by atoms with Gasteiger partial charge >= 0.3 is 0 Å². The van der Waals surface area contributed by atoms with Crippen LogP contribution in [0.15, 0.2) is 24.3 Å². The van der Waals surface area contributed by atoms with Gasteiger partial charge in [-0.25, -0.2) is 0 Å². The molecule has 1 aromatic carbocycles. The van der Waals surface area contributed by atoms with Gasteiger partial charge in [-0.15, -0.1) is 0 Å². The Labute approximate surface area is 123 Å². The molecule has 0 fully saturated rings. The standard InChI is InChI=1S/C17H24O2Si/c1-12(2)14-8-7-13-9-10-16(18)17(3,15(13)11-14)19-20(4,5)6/h7-12H,1-6H3. The van der Waals surface area contributed by atoms with Crippen LogP contribution in [0.4, 0.5) is 0 Å². The summed E-state index contributed by atoms with van der Waals surface area (Å²) in [4.78, 5) is 12.4. The molecule has 0 bridgehead atoms. The number of hydrogen-bond donors (Lipinski definition) is 0. The number of benzene rings is 1. The molecule has 0 N–H and O–H groups in total. The summed E-state index contributed by atoms with van der Waals surface area (Å²) in [5, 5.41) is 0. The van der Waals surface area contributed by atoms with Gasteiger partial charge in [-0.3, -0.25) is 4.79 Å². The van der Waals surface area contributed by atoms with E-state index in [1.54, 1.807) is 6.08 Å². The van der Waals surface area contributed by atoms with Gasteiger partial charge in [-0.2, -0.15) is 0 Å². The first-order valence-corrected chi connectivity index (χ1v) is 10.6. The fourth-order valence-corrected chi connectivity index (χ4v) is 4.10. The van der Waals surface area contributed by atoms with Crippen molar-refractivity contribution < 1.29 is 9.22 Å². The fraction of sp³-hybridized carbons (Fsp3) is 0.471. The molecule has 0 saturated heterocycles. The van der Waals surface area contributed by atoms with Crippen LogP contribution >= 0.6 is 0 Å². The number of carbonyl (C=O) groups excluding carboxylic acids is 1. The van der Waals surface area contributed by atoms with E-state index < -0.39 is 13.9 Å². The molecule has 0 aliphatic heterocycles. The molecule has 0 amide bonds. The van der Waals surface area contributed by atoms with Crippen molar-refractivity contribution in [3.05, 3.63) is 41.0 Å². The minimum Gasteiger partial charge on any atom is -0.401 e. The molecular weight excluding hydrogens is 264 g/mol. The molecular formula is C17H24O2Si. The lowest BCUT2D eigenvalue weighted by Gasteiger charge is -2.37. The second kappa shape index (κ2) is 4.97. The van der Waals surface area contributed by atoms with Gasteiger partial charge in [-0.1, -0.05) is 38.1 Å². The Bertz CT molecular complexity index is 567. The average Bonchev–Trinajstić information content (AvgIpc) is 2.32. The zero-order valence-electron chi connectivity index (χ0n) is 13.3. The molecule has 3 heteroatoms. The van der Waals surface area contributed by atoms with Crippen LogP contribution in [-0.2, 0) is 14.8 Å². The Hall–Kier alpha value is -1.19. The lowest BCUT2D eigenvalue weighted by Crippen LogP contribution is -2.45. The van der Waals surface area contributed by atoms with Gasteiger partial charge in [-0.05, 0) is 55.2 Å². The third-order valence-electron chi connectivity index (χ3n) is 3.65. The topological polar surface area (TPSA) is 26.3 Å². The van der Waals surface area contributed by atoms with Crippen molar-refractivity contribution in [2.75, 3.05) is 0 Å². The van der Waals surface area contributed by atoms with Crippen molar-refractivity contribution in [3.63, 3.8) is 0 Å². The molecule has 0 saturated carbocycles. The summed E-state index contributed by atoms with van der Waals surface area (Å²) in [6.45, 7) is 12.6. The highest BCUT2D eigenvalue weighted by atomic mass is 28.4. The van der Waals surface area contributed by atoms with E-state index in [2.05, 4.69) is 51.7 Å². The molecule has 1 unspecified atom stereocenters. The maximum Gasteiger partial charge on any atom is 0.190 e. The third-order valence-corrected chi connectivity index (χ3v) is 4.67. The highest BCUT2D eigenvalue weighted by molar-refractivity contribution is 6.70. The number of rotatable bonds is 3. The highest BCUT2D eigenvalue weighted by Gasteiger charge is 2.41. The van der Waals surface area contributed by atoms with E-state index in [0.717, 1.165) is 11.1 Å².